The molecule has 2 aromatic carbocycles. The highest BCUT2D eigenvalue weighted by Gasteiger charge is 2.22. The molecule has 0 unspecified atom stereocenters. The Kier molecular flexibility index (Phi) is 3.81. The normalized spacial score (nSPS) is 15.8. The van der Waals surface area contributed by atoms with Gasteiger partial charge in [0.15, 0.2) is 0 Å². The minimum atomic E-state index is -2.95. The summed E-state index contributed by atoms with van der Waals surface area (Å²) in [7, 11) is -2.95. The number of benzene rings is 2. The number of fused-ring (bicyclic) bond motifs is 1. The third-order valence-corrected chi connectivity index (χ3v) is 5.00. The third-order valence-electron chi connectivity index (χ3n) is 3.48. The maximum Gasteiger partial charge on any atom is 0.255 e. The van der Waals surface area contributed by atoms with Crippen LogP contribution in [0, 0.1) is 5.82 Å². The molecule has 118 valence electrons. The molecule has 0 radical (unpaired) electrons. The van der Waals surface area contributed by atoms with Gasteiger partial charge in [-0.2, -0.15) is 0 Å². The number of rotatable bonds is 3. The summed E-state index contributed by atoms with van der Waals surface area (Å²) in [6.45, 7) is 3.68. The summed E-state index contributed by atoms with van der Waals surface area (Å²) in [5.74, 6) is -0.938. The van der Waals surface area contributed by atoms with Crippen LogP contribution in [0.5, 0.6) is 0 Å². The maximum absolute atomic E-state index is 13.2. The fourth-order valence-corrected chi connectivity index (χ4v) is 3.53. The van der Waals surface area contributed by atoms with E-state index < -0.39 is 22.3 Å². The summed E-state index contributed by atoms with van der Waals surface area (Å²) in [4.78, 5) is 12.6. The topological polar surface area (TPSA) is 69.6 Å². The monoisotopic (exact) mass is 331 g/mol. The lowest BCUT2D eigenvalue weighted by atomic mass is 10.1. The van der Waals surface area contributed by atoms with E-state index in [0.29, 0.717) is 21.7 Å². The average Bonchev–Trinajstić information content (AvgIpc) is 2.82. The highest BCUT2D eigenvalue weighted by atomic mass is 32.3. The molecule has 0 saturated heterocycles. The largest absolute Gasteiger partial charge is 0.322 e. The number of amides is 1. The molecule has 1 amide bonds. The van der Waals surface area contributed by atoms with Crippen molar-refractivity contribution in [2.75, 3.05) is 5.32 Å². The van der Waals surface area contributed by atoms with Gasteiger partial charge in [-0.25, -0.2) is 4.39 Å². The van der Waals surface area contributed by atoms with E-state index in [1.165, 1.54) is 29.7 Å². The molecule has 1 aliphatic heterocycles. The molecule has 0 saturated carbocycles. The van der Waals surface area contributed by atoms with Crippen molar-refractivity contribution in [3.63, 3.8) is 0 Å². The molecule has 2 aromatic rings. The van der Waals surface area contributed by atoms with Crippen LogP contribution in [0.25, 0.3) is 11.6 Å². The quantitative estimate of drug-likeness (QED) is 0.722. The van der Waals surface area contributed by atoms with Crippen molar-refractivity contribution < 1.29 is 18.3 Å². The molecule has 23 heavy (non-hydrogen) atoms. The molecule has 1 aliphatic rings. The first kappa shape index (κ1) is 15.5. The fraction of sp³-hybridized carbons (Fsp3) is 0. The lowest BCUT2D eigenvalue weighted by Gasteiger charge is -2.25. The van der Waals surface area contributed by atoms with Crippen LogP contribution in [0.2, 0.25) is 0 Å². The van der Waals surface area contributed by atoms with Gasteiger partial charge in [0.2, 0.25) is 0 Å². The van der Waals surface area contributed by atoms with Gasteiger partial charge >= 0.3 is 0 Å². The van der Waals surface area contributed by atoms with Crippen molar-refractivity contribution in [1.82, 2.24) is 0 Å². The fourth-order valence-electron chi connectivity index (χ4n) is 2.27. The van der Waals surface area contributed by atoms with E-state index in [1.54, 1.807) is 24.3 Å². The van der Waals surface area contributed by atoms with Crippen LogP contribution in [0.15, 0.2) is 59.3 Å². The van der Waals surface area contributed by atoms with E-state index in [1.807, 2.05) is 0 Å². The van der Waals surface area contributed by atoms with E-state index in [-0.39, 0.29) is 5.57 Å². The zero-order valence-corrected chi connectivity index (χ0v) is 12.8. The molecule has 4 nitrogen and oxygen atoms in total. The average molecular weight is 331 g/mol. The molecule has 0 aromatic heterocycles. The van der Waals surface area contributed by atoms with E-state index in [0.717, 1.165) is 0 Å². The van der Waals surface area contributed by atoms with E-state index in [4.69, 9.17) is 0 Å². The van der Waals surface area contributed by atoms with Crippen molar-refractivity contribution in [1.29, 1.82) is 0 Å². The van der Waals surface area contributed by atoms with Crippen LogP contribution in [-0.4, -0.2) is 15.0 Å². The zero-order valence-electron chi connectivity index (χ0n) is 12.0. The molecule has 0 bridgehead atoms. The van der Waals surface area contributed by atoms with Crippen molar-refractivity contribution >= 4 is 33.8 Å². The van der Waals surface area contributed by atoms with Gasteiger partial charge in [-0.15, -0.1) is 10.6 Å². The summed E-state index contributed by atoms with van der Waals surface area (Å²) in [6.07, 6.45) is 1.63. The predicted molar refractivity (Wildman–Crippen MR) is 90.7 cm³/mol. The van der Waals surface area contributed by atoms with Gasteiger partial charge in [-0.3, -0.25) is 13.9 Å². The van der Waals surface area contributed by atoms with Crippen LogP contribution in [0.4, 0.5) is 10.1 Å². The van der Waals surface area contributed by atoms with E-state index in [2.05, 4.69) is 11.9 Å². The number of hydrogen-bond acceptors (Lipinski definition) is 3. The second-order valence-electron chi connectivity index (χ2n) is 5.09. The number of hydrogen-bond donors (Lipinski definition) is 3. The minimum absolute atomic E-state index is 0.120. The molecule has 0 fully saturated rings. The van der Waals surface area contributed by atoms with Gasteiger partial charge in [0.25, 0.3) is 5.91 Å². The molecular weight excluding hydrogens is 317 g/mol. The summed E-state index contributed by atoms with van der Waals surface area (Å²) in [5.41, 5.74) is 1.62. The Morgan fingerprint density at radius 2 is 1.96 bits per heavy atom. The molecule has 3 rings (SSSR count). The first-order valence-electron chi connectivity index (χ1n) is 6.73. The first-order valence-corrected chi connectivity index (χ1v) is 8.34. The van der Waals surface area contributed by atoms with Gasteiger partial charge in [0, 0.05) is 16.7 Å². The highest BCUT2D eigenvalue weighted by Crippen LogP contribution is 2.56. The molecule has 6 heteroatoms. The number of nitrogens with one attached hydrogen (secondary N) is 1. The van der Waals surface area contributed by atoms with Crippen LogP contribution in [0.3, 0.4) is 0 Å². The van der Waals surface area contributed by atoms with Gasteiger partial charge in [-0.05, 0) is 41.5 Å². The van der Waals surface area contributed by atoms with Crippen LogP contribution < -0.4 is 5.32 Å². The molecule has 0 spiro atoms. The standard InChI is InChI=1S/C17H14FNO3S/c1-11(13-3-2-4-14(18)9-13)17(20)19-15-6-5-12-7-8-23(21,22)16(12)10-15/h2-10,21-22H,1H2,(H,19,20). The van der Waals surface area contributed by atoms with Crippen LogP contribution >= 0.6 is 10.6 Å². The third kappa shape index (κ3) is 3.05. The van der Waals surface area contributed by atoms with Gasteiger partial charge in [-0.1, -0.05) is 24.8 Å². The Morgan fingerprint density at radius 1 is 1.17 bits per heavy atom. The number of anilines is 1. The van der Waals surface area contributed by atoms with E-state index in [9.17, 15) is 18.3 Å². The lowest BCUT2D eigenvalue weighted by Crippen LogP contribution is -2.13. The number of halogens is 1. The lowest BCUT2D eigenvalue weighted by molar-refractivity contribution is -0.111. The highest BCUT2D eigenvalue weighted by molar-refractivity contribution is 8.27. The van der Waals surface area contributed by atoms with Gasteiger partial charge < -0.3 is 5.32 Å². The minimum Gasteiger partial charge on any atom is -0.322 e. The molecule has 3 N–H and O–H groups in total. The maximum atomic E-state index is 13.2. The Labute approximate surface area is 134 Å². The molecule has 1 heterocycles. The zero-order chi connectivity index (χ0) is 16.6. The first-order chi connectivity index (χ1) is 10.9. The Bertz CT molecular complexity index is 845. The van der Waals surface area contributed by atoms with Crippen LogP contribution in [-0.2, 0) is 4.79 Å². The summed E-state index contributed by atoms with van der Waals surface area (Å²) in [5, 5.41) is 3.97. The van der Waals surface area contributed by atoms with Crippen molar-refractivity contribution in [3.8, 4) is 0 Å². The Hall–Kier alpha value is -2.41. The van der Waals surface area contributed by atoms with Crippen LogP contribution in [0.1, 0.15) is 11.1 Å². The van der Waals surface area contributed by atoms with Gasteiger partial charge in [0.05, 0.1) is 4.90 Å². The van der Waals surface area contributed by atoms with Crippen molar-refractivity contribution in [2.24, 2.45) is 0 Å². The van der Waals surface area contributed by atoms with E-state index >= 15 is 0 Å². The predicted octanol–water partition coefficient (Wildman–Crippen LogP) is 4.57. The molecule has 0 atom stereocenters. The van der Waals surface area contributed by atoms with Crippen molar-refractivity contribution in [3.05, 3.63) is 71.4 Å². The molecular formula is C17H14FNO3S. The summed E-state index contributed by atoms with van der Waals surface area (Å²) >= 11 is 0. The second kappa shape index (κ2) is 5.66. The Balaban J connectivity index is 1.80. The SMILES string of the molecule is C=C(C(=O)Nc1ccc2c(c1)S(O)(O)C=C2)c1cccc(F)c1. The van der Waals surface area contributed by atoms with Gasteiger partial charge in [0.1, 0.15) is 5.82 Å². The smallest absolute Gasteiger partial charge is 0.255 e. The molecule has 0 aliphatic carbocycles. The number of carbonyl (C=O) groups is 1. The summed E-state index contributed by atoms with van der Waals surface area (Å²) < 4.78 is 33.0. The second-order valence-corrected chi connectivity index (χ2v) is 6.99. The summed E-state index contributed by atoms with van der Waals surface area (Å²) in [6, 6.07) is 10.5. The van der Waals surface area contributed by atoms with Crippen molar-refractivity contribution in [2.45, 2.75) is 4.90 Å². The number of carbonyl (C=O) groups excluding carboxylic acids is 1. The Morgan fingerprint density at radius 3 is 2.70 bits per heavy atom.